The van der Waals surface area contributed by atoms with Crippen LogP contribution in [0.15, 0.2) is 49.1 Å². The molecule has 3 aromatic rings. The highest BCUT2D eigenvalue weighted by Crippen LogP contribution is 2.38. The number of piperazine rings is 1. The second kappa shape index (κ2) is 10.6. The minimum atomic E-state index is -0.0751. The monoisotopic (exact) mass is 542 g/mol. The highest BCUT2D eigenvalue weighted by molar-refractivity contribution is 5.95. The van der Waals surface area contributed by atoms with Crippen molar-refractivity contribution in [3.63, 3.8) is 0 Å². The Morgan fingerprint density at radius 2 is 1.93 bits per heavy atom. The van der Waals surface area contributed by atoms with E-state index in [0.29, 0.717) is 12.6 Å². The molecule has 2 saturated heterocycles. The molecule has 9 nitrogen and oxygen atoms in total. The Balaban J connectivity index is 1.36. The molecule has 1 amide bonds. The van der Waals surface area contributed by atoms with Crippen molar-refractivity contribution >= 4 is 28.2 Å². The first-order chi connectivity index (χ1) is 19.3. The maximum Gasteiger partial charge on any atom is 0.318 e. The fourth-order valence-electron chi connectivity index (χ4n) is 6.72. The van der Waals surface area contributed by atoms with Gasteiger partial charge in [0.15, 0.2) is 0 Å². The number of aromatic hydroxyl groups is 1. The average molecular weight is 543 g/mol. The minimum Gasteiger partial charge on any atom is -0.508 e. The highest BCUT2D eigenvalue weighted by atomic mass is 16.5. The van der Waals surface area contributed by atoms with Gasteiger partial charge in [-0.25, -0.2) is 0 Å². The predicted molar refractivity (Wildman–Crippen MR) is 157 cm³/mol. The van der Waals surface area contributed by atoms with E-state index in [0.717, 1.165) is 79.0 Å². The van der Waals surface area contributed by atoms with E-state index >= 15 is 0 Å². The zero-order valence-electron chi connectivity index (χ0n) is 23.6. The van der Waals surface area contributed by atoms with Crippen molar-refractivity contribution in [3.05, 3.63) is 60.3 Å². The van der Waals surface area contributed by atoms with E-state index in [1.54, 1.807) is 6.07 Å². The standard InChI is InChI=1S/C31H38N6O3/c1-5-29(39)37-22-10-11-23(37)18-36(17-22)30-26-12-13-35(28-15-24(38)14-21-8-6-7-9-25(21)28)19-27(26)32-31(33-30)40-20(2)16-34(3)4/h5-9,14-15,20,22-23,38H,1,10-13,16-19H2,2-4H3/t20?,22-,23+. The molecule has 210 valence electrons. The number of hydrogen-bond donors (Lipinski definition) is 1. The predicted octanol–water partition coefficient (Wildman–Crippen LogP) is 3.59. The van der Waals surface area contributed by atoms with Crippen LogP contribution in [0.4, 0.5) is 11.5 Å². The van der Waals surface area contributed by atoms with Gasteiger partial charge >= 0.3 is 6.01 Å². The van der Waals surface area contributed by atoms with Crippen molar-refractivity contribution in [2.24, 2.45) is 0 Å². The molecule has 1 N–H and O–H groups in total. The number of fused-ring (bicyclic) bond motifs is 4. The topological polar surface area (TPSA) is 85.3 Å². The second-order valence-corrected chi connectivity index (χ2v) is 11.5. The number of anilines is 2. The summed E-state index contributed by atoms with van der Waals surface area (Å²) in [5.41, 5.74) is 3.10. The number of carbonyl (C=O) groups is 1. The van der Waals surface area contributed by atoms with Crippen molar-refractivity contribution in [1.82, 2.24) is 19.8 Å². The van der Waals surface area contributed by atoms with E-state index in [2.05, 4.69) is 27.3 Å². The third-order valence-electron chi connectivity index (χ3n) is 8.33. The maximum atomic E-state index is 12.6. The van der Waals surface area contributed by atoms with Crippen LogP contribution in [0.1, 0.15) is 31.0 Å². The van der Waals surface area contributed by atoms with E-state index in [1.165, 1.54) is 6.08 Å². The quantitative estimate of drug-likeness (QED) is 0.454. The van der Waals surface area contributed by atoms with Crippen molar-refractivity contribution < 1.29 is 14.6 Å². The first-order valence-corrected chi connectivity index (χ1v) is 14.2. The van der Waals surface area contributed by atoms with Crippen LogP contribution in [0.3, 0.4) is 0 Å². The van der Waals surface area contributed by atoms with E-state index in [4.69, 9.17) is 14.7 Å². The van der Waals surface area contributed by atoms with Crippen molar-refractivity contribution in [3.8, 4) is 11.8 Å². The van der Waals surface area contributed by atoms with Gasteiger partial charge in [0.2, 0.25) is 5.91 Å². The molecule has 2 aromatic carbocycles. The van der Waals surface area contributed by atoms with E-state index in [-0.39, 0.29) is 29.8 Å². The van der Waals surface area contributed by atoms with Gasteiger partial charge in [-0.3, -0.25) is 4.79 Å². The third-order valence-corrected chi connectivity index (χ3v) is 8.33. The Morgan fingerprint density at radius 1 is 1.18 bits per heavy atom. The van der Waals surface area contributed by atoms with Crippen molar-refractivity contribution in [2.45, 2.75) is 50.9 Å². The first kappa shape index (κ1) is 26.4. The van der Waals surface area contributed by atoms with Gasteiger partial charge in [0.1, 0.15) is 17.7 Å². The lowest BCUT2D eigenvalue weighted by Gasteiger charge is -2.42. The molecular weight excluding hydrogens is 504 g/mol. The molecule has 4 heterocycles. The molecule has 3 aliphatic heterocycles. The molecule has 6 rings (SSSR count). The number of amides is 1. The molecular formula is C31H38N6O3. The maximum absolute atomic E-state index is 12.6. The molecule has 9 heteroatoms. The van der Waals surface area contributed by atoms with Crippen LogP contribution in [-0.4, -0.2) is 89.2 Å². The number of benzene rings is 2. The highest BCUT2D eigenvalue weighted by Gasteiger charge is 2.43. The molecule has 3 atom stereocenters. The lowest BCUT2D eigenvalue weighted by atomic mass is 10.0. The summed E-state index contributed by atoms with van der Waals surface area (Å²) in [6, 6.07) is 12.5. The zero-order chi connectivity index (χ0) is 28.0. The normalized spacial score (nSPS) is 21.1. The summed E-state index contributed by atoms with van der Waals surface area (Å²) in [7, 11) is 4.05. The molecule has 40 heavy (non-hydrogen) atoms. The van der Waals surface area contributed by atoms with Gasteiger partial charge in [0.25, 0.3) is 0 Å². The average Bonchev–Trinajstić information content (AvgIpc) is 3.19. The molecule has 1 unspecified atom stereocenters. The summed E-state index contributed by atoms with van der Waals surface area (Å²) in [6.07, 6.45) is 4.13. The van der Waals surface area contributed by atoms with Gasteiger partial charge in [-0.05, 0) is 57.8 Å². The van der Waals surface area contributed by atoms with Crippen LogP contribution >= 0.6 is 0 Å². The fraction of sp³-hybridized carbons (Fsp3) is 0.452. The Morgan fingerprint density at radius 3 is 2.65 bits per heavy atom. The minimum absolute atomic E-state index is 0.0207. The zero-order valence-corrected chi connectivity index (χ0v) is 23.6. The fourth-order valence-corrected chi connectivity index (χ4v) is 6.72. The smallest absolute Gasteiger partial charge is 0.318 e. The Hall–Kier alpha value is -3.85. The number of phenolic OH excluding ortho intramolecular Hbond substituents is 1. The van der Waals surface area contributed by atoms with Gasteiger partial charge in [0.05, 0.1) is 12.2 Å². The largest absolute Gasteiger partial charge is 0.508 e. The molecule has 0 spiro atoms. The summed E-state index contributed by atoms with van der Waals surface area (Å²) >= 11 is 0. The van der Waals surface area contributed by atoms with Crippen molar-refractivity contribution in [1.29, 1.82) is 0 Å². The lowest BCUT2D eigenvalue weighted by molar-refractivity contribution is -0.129. The number of ether oxygens (including phenoxy) is 1. The Bertz CT molecular complexity index is 1430. The molecule has 0 saturated carbocycles. The van der Waals surface area contributed by atoms with Crippen LogP contribution < -0.4 is 14.5 Å². The Kier molecular flexibility index (Phi) is 7.00. The molecule has 3 aliphatic rings. The summed E-state index contributed by atoms with van der Waals surface area (Å²) in [6.45, 7) is 9.38. The summed E-state index contributed by atoms with van der Waals surface area (Å²) in [4.78, 5) is 31.3. The van der Waals surface area contributed by atoms with Gasteiger partial charge in [-0.2, -0.15) is 9.97 Å². The van der Waals surface area contributed by atoms with Crippen LogP contribution in [-0.2, 0) is 17.8 Å². The number of likely N-dealkylation sites (N-methyl/N-ethyl adjacent to an activating group) is 1. The Labute approximate surface area is 235 Å². The third kappa shape index (κ3) is 4.94. The number of rotatable bonds is 7. The van der Waals surface area contributed by atoms with Crippen LogP contribution in [0, 0.1) is 0 Å². The van der Waals surface area contributed by atoms with E-state index < -0.39 is 0 Å². The number of aromatic nitrogens is 2. The summed E-state index contributed by atoms with van der Waals surface area (Å²) in [5, 5.41) is 12.6. The van der Waals surface area contributed by atoms with Gasteiger partial charge in [0, 0.05) is 61.0 Å². The van der Waals surface area contributed by atoms with Gasteiger partial charge in [-0.15, -0.1) is 0 Å². The molecule has 1 aromatic heterocycles. The summed E-state index contributed by atoms with van der Waals surface area (Å²) < 4.78 is 6.27. The molecule has 0 aliphatic carbocycles. The van der Waals surface area contributed by atoms with Crippen molar-refractivity contribution in [2.75, 3.05) is 50.1 Å². The van der Waals surface area contributed by atoms with Gasteiger partial charge in [-0.1, -0.05) is 30.8 Å². The van der Waals surface area contributed by atoms with E-state index in [1.807, 2.05) is 50.2 Å². The summed E-state index contributed by atoms with van der Waals surface area (Å²) in [5.74, 6) is 1.21. The SMILES string of the molecule is C=CC(=O)N1[C@@H]2CC[C@H]1CN(c1nc(OC(C)CN(C)C)nc3c1CCN(c1cc(O)cc4ccccc14)C3)C2. The van der Waals surface area contributed by atoms with Crippen LogP contribution in [0.25, 0.3) is 10.8 Å². The van der Waals surface area contributed by atoms with Crippen LogP contribution in [0.5, 0.6) is 11.8 Å². The number of hydrogen-bond acceptors (Lipinski definition) is 8. The number of nitrogens with zero attached hydrogens (tertiary/aromatic N) is 6. The lowest BCUT2D eigenvalue weighted by Crippen LogP contribution is -2.56. The molecule has 2 fully saturated rings. The van der Waals surface area contributed by atoms with Gasteiger partial charge < -0.3 is 29.4 Å². The molecule has 0 radical (unpaired) electrons. The van der Waals surface area contributed by atoms with E-state index in [9.17, 15) is 9.90 Å². The van der Waals surface area contributed by atoms with Crippen LogP contribution in [0.2, 0.25) is 0 Å². The second-order valence-electron chi connectivity index (χ2n) is 11.5. The number of phenols is 1. The molecule has 2 bridgehead atoms. The first-order valence-electron chi connectivity index (χ1n) is 14.2. The number of carbonyl (C=O) groups excluding carboxylic acids is 1.